The van der Waals surface area contributed by atoms with Crippen LogP contribution in [0.15, 0.2) is 36.5 Å². The van der Waals surface area contributed by atoms with Crippen LogP contribution in [-0.2, 0) is 6.61 Å². The van der Waals surface area contributed by atoms with Gasteiger partial charge in [0.25, 0.3) is 0 Å². The van der Waals surface area contributed by atoms with Gasteiger partial charge in [-0.15, -0.1) is 0 Å². The number of hydrogen-bond acceptors (Lipinski definition) is 4. The zero-order chi connectivity index (χ0) is 13.0. The minimum absolute atomic E-state index is 0.163. The highest BCUT2D eigenvalue weighted by Gasteiger charge is 2.07. The van der Waals surface area contributed by atoms with Gasteiger partial charge in [-0.2, -0.15) is 0 Å². The number of rotatable bonds is 4. The van der Waals surface area contributed by atoms with Crippen LogP contribution < -0.4 is 9.47 Å². The van der Waals surface area contributed by atoms with Gasteiger partial charge in [-0.1, -0.05) is 23.7 Å². The summed E-state index contributed by atoms with van der Waals surface area (Å²) in [4.78, 5) is 4.04. The highest BCUT2D eigenvalue weighted by molar-refractivity contribution is 6.31. The lowest BCUT2D eigenvalue weighted by atomic mass is 10.3. The second kappa shape index (κ2) is 5.71. The average molecular weight is 266 g/mol. The minimum Gasteiger partial charge on any atom is -0.493 e. The number of ether oxygens (including phenoxy) is 2. The summed E-state index contributed by atoms with van der Waals surface area (Å²) in [7, 11) is 1.57. The smallest absolute Gasteiger partial charge is 0.219 e. The van der Waals surface area contributed by atoms with Crippen LogP contribution in [0.2, 0.25) is 5.02 Å². The van der Waals surface area contributed by atoms with Crippen molar-refractivity contribution in [3.05, 3.63) is 47.1 Å². The topological polar surface area (TPSA) is 51.6 Å². The molecule has 1 N–H and O–H groups in total. The van der Waals surface area contributed by atoms with Gasteiger partial charge in [-0.25, -0.2) is 4.98 Å². The Morgan fingerprint density at radius 1 is 1.28 bits per heavy atom. The molecular weight excluding hydrogens is 254 g/mol. The maximum absolute atomic E-state index is 9.12. The van der Waals surface area contributed by atoms with E-state index in [9.17, 15) is 0 Å². The van der Waals surface area contributed by atoms with Crippen molar-refractivity contribution in [3.8, 4) is 17.4 Å². The summed E-state index contributed by atoms with van der Waals surface area (Å²) < 4.78 is 10.8. The van der Waals surface area contributed by atoms with Gasteiger partial charge >= 0.3 is 0 Å². The first-order valence-electron chi connectivity index (χ1n) is 5.30. The van der Waals surface area contributed by atoms with Crippen molar-refractivity contribution < 1.29 is 14.6 Å². The molecule has 1 aromatic heterocycles. The van der Waals surface area contributed by atoms with Gasteiger partial charge in [-0.05, 0) is 12.1 Å². The highest BCUT2D eigenvalue weighted by atomic mass is 35.5. The van der Waals surface area contributed by atoms with Gasteiger partial charge < -0.3 is 14.6 Å². The minimum atomic E-state index is -0.163. The van der Waals surface area contributed by atoms with Crippen LogP contribution >= 0.6 is 11.6 Å². The molecule has 2 aromatic rings. The fourth-order valence-electron chi connectivity index (χ4n) is 1.45. The van der Waals surface area contributed by atoms with Crippen LogP contribution in [0.25, 0.3) is 0 Å². The van der Waals surface area contributed by atoms with Gasteiger partial charge in [0.15, 0.2) is 11.5 Å². The van der Waals surface area contributed by atoms with E-state index in [0.717, 1.165) is 0 Å². The molecule has 94 valence electrons. The molecule has 0 radical (unpaired) electrons. The lowest BCUT2D eigenvalue weighted by Gasteiger charge is -2.10. The van der Waals surface area contributed by atoms with E-state index in [1.165, 1.54) is 6.20 Å². The first-order chi connectivity index (χ1) is 8.74. The van der Waals surface area contributed by atoms with Crippen LogP contribution in [0.1, 0.15) is 5.56 Å². The van der Waals surface area contributed by atoms with Crippen molar-refractivity contribution >= 4 is 11.6 Å². The molecule has 1 heterocycles. The van der Waals surface area contributed by atoms with Crippen molar-refractivity contribution in [1.82, 2.24) is 4.98 Å². The summed E-state index contributed by atoms with van der Waals surface area (Å²) in [6.07, 6.45) is 1.44. The van der Waals surface area contributed by atoms with Crippen LogP contribution in [0.3, 0.4) is 0 Å². The van der Waals surface area contributed by atoms with Gasteiger partial charge in [-0.3, -0.25) is 0 Å². The predicted molar refractivity (Wildman–Crippen MR) is 68.2 cm³/mol. The number of benzene rings is 1. The maximum atomic E-state index is 9.12. The lowest BCUT2D eigenvalue weighted by molar-refractivity contribution is 0.281. The molecule has 0 aliphatic heterocycles. The molecule has 0 saturated carbocycles. The Balaban J connectivity index is 2.28. The number of aliphatic hydroxyl groups excluding tert-OH is 1. The fraction of sp³-hybridized carbons (Fsp3) is 0.154. The zero-order valence-electron chi connectivity index (χ0n) is 9.76. The summed E-state index contributed by atoms with van der Waals surface area (Å²) in [6, 6.07) is 8.83. The second-order valence-corrected chi connectivity index (χ2v) is 3.93. The molecule has 2 rings (SSSR count). The van der Waals surface area contributed by atoms with E-state index < -0.39 is 0 Å². The van der Waals surface area contributed by atoms with Crippen molar-refractivity contribution in [2.45, 2.75) is 6.61 Å². The van der Waals surface area contributed by atoms with Crippen molar-refractivity contribution in [2.75, 3.05) is 7.11 Å². The van der Waals surface area contributed by atoms with E-state index in [1.807, 2.05) is 12.1 Å². The molecule has 18 heavy (non-hydrogen) atoms. The summed E-state index contributed by atoms with van der Waals surface area (Å²) in [5.74, 6) is 1.52. The number of hydrogen-bond donors (Lipinski definition) is 1. The number of aliphatic hydroxyl groups is 1. The molecule has 1 aromatic carbocycles. The largest absolute Gasteiger partial charge is 0.493 e. The quantitative estimate of drug-likeness (QED) is 0.923. The van der Waals surface area contributed by atoms with E-state index in [4.69, 9.17) is 26.2 Å². The van der Waals surface area contributed by atoms with Gasteiger partial charge in [0.05, 0.1) is 18.7 Å². The third-order valence-corrected chi connectivity index (χ3v) is 2.70. The van der Waals surface area contributed by atoms with E-state index in [2.05, 4.69) is 4.98 Å². The molecule has 0 atom stereocenters. The van der Waals surface area contributed by atoms with Crippen molar-refractivity contribution in [1.29, 1.82) is 0 Å². The molecule has 4 nitrogen and oxygen atoms in total. The molecule has 0 saturated heterocycles. The van der Waals surface area contributed by atoms with Crippen molar-refractivity contribution in [2.24, 2.45) is 0 Å². The van der Waals surface area contributed by atoms with Crippen LogP contribution in [0.4, 0.5) is 0 Å². The van der Waals surface area contributed by atoms with Crippen LogP contribution in [0.5, 0.6) is 17.4 Å². The number of nitrogens with zero attached hydrogens (tertiary/aromatic N) is 1. The summed E-state index contributed by atoms with van der Waals surface area (Å²) in [6.45, 7) is -0.163. The van der Waals surface area contributed by atoms with E-state index in [1.54, 1.807) is 25.3 Å². The second-order valence-electron chi connectivity index (χ2n) is 3.52. The van der Waals surface area contributed by atoms with Gasteiger partial charge in [0.2, 0.25) is 5.88 Å². The number of halogens is 1. The van der Waals surface area contributed by atoms with Gasteiger partial charge in [0.1, 0.15) is 0 Å². The van der Waals surface area contributed by atoms with E-state index in [0.29, 0.717) is 28.0 Å². The lowest BCUT2D eigenvalue weighted by Crippen LogP contribution is -1.94. The maximum Gasteiger partial charge on any atom is 0.219 e. The first kappa shape index (κ1) is 12.7. The van der Waals surface area contributed by atoms with E-state index in [-0.39, 0.29) is 6.61 Å². The van der Waals surface area contributed by atoms with E-state index >= 15 is 0 Å². The molecule has 0 bridgehead atoms. The predicted octanol–water partition coefficient (Wildman–Crippen LogP) is 3.03. The SMILES string of the molecule is COc1ccccc1Oc1cc(CO)c(Cl)cn1. The molecule has 0 aliphatic carbocycles. The highest BCUT2D eigenvalue weighted by Crippen LogP contribution is 2.31. The molecule has 5 heteroatoms. The Bertz CT molecular complexity index is 546. The number of pyridine rings is 1. The number of aromatic nitrogens is 1. The first-order valence-corrected chi connectivity index (χ1v) is 5.68. The third-order valence-electron chi connectivity index (χ3n) is 2.36. The monoisotopic (exact) mass is 265 g/mol. The van der Waals surface area contributed by atoms with Gasteiger partial charge in [0, 0.05) is 17.8 Å². The zero-order valence-corrected chi connectivity index (χ0v) is 10.5. The fourth-order valence-corrected chi connectivity index (χ4v) is 1.61. The Kier molecular flexibility index (Phi) is 4.02. The molecule has 0 aliphatic rings. The summed E-state index contributed by atoms with van der Waals surface area (Å²) in [5, 5.41) is 9.52. The Morgan fingerprint density at radius 2 is 2.00 bits per heavy atom. The number of methoxy groups -OCH3 is 1. The Hall–Kier alpha value is -1.78. The van der Waals surface area contributed by atoms with Crippen molar-refractivity contribution in [3.63, 3.8) is 0 Å². The normalized spacial score (nSPS) is 10.2. The molecule has 0 spiro atoms. The third kappa shape index (κ3) is 2.72. The Labute approximate surface area is 110 Å². The molecule has 0 amide bonds. The summed E-state index contributed by atoms with van der Waals surface area (Å²) in [5.41, 5.74) is 0.566. The van der Waals surface area contributed by atoms with Crippen LogP contribution in [0, 0.1) is 0 Å². The molecule has 0 fully saturated rings. The van der Waals surface area contributed by atoms with Crippen LogP contribution in [-0.4, -0.2) is 17.2 Å². The molecular formula is C13H12ClNO3. The average Bonchev–Trinajstić information content (AvgIpc) is 2.41. The standard InChI is InChI=1S/C13H12ClNO3/c1-17-11-4-2-3-5-12(11)18-13-6-9(8-16)10(14)7-15-13/h2-7,16H,8H2,1H3. The Morgan fingerprint density at radius 3 is 2.67 bits per heavy atom. The summed E-state index contributed by atoms with van der Waals surface area (Å²) >= 11 is 5.86. The number of para-hydroxylation sites is 2. The molecule has 0 unspecified atom stereocenters.